The average Bonchev–Trinajstić information content (AvgIpc) is 2.66. The van der Waals surface area contributed by atoms with E-state index in [-0.39, 0.29) is 12.2 Å². The number of carbonyl (C=O) groups is 3. The van der Waals surface area contributed by atoms with Gasteiger partial charge < -0.3 is 15.7 Å². The smallest absolute Gasteiger partial charge is 0.319 e. The number of benzene rings is 1. The van der Waals surface area contributed by atoms with E-state index in [1.54, 1.807) is 12.1 Å². The molecule has 3 N–H and O–H groups in total. The number of ketones is 1. The highest BCUT2D eigenvalue weighted by Crippen LogP contribution is 2.23. The van der Waals surface area contributed by atoms with Gasteiger partial charge in [-0.3, -0.25) is 9.59 Å². The van der Waals surface area contributed by atoms with Crippen LogP contribution in [0.1, 0.15) is 48.0 Å². The zero-order valence-electron chi connectivity index (χ0n) is 12.4. The summed E-state index contributed by atoms with van der Waals surface area (Å²) in [6.45, 7) is 0.294. The molecule has 1 aliphatic carbocycles. The molecule has 0 heterocycles. The van der Waals surface area contributed by atoms with Crippen LogP contribution in [0.15, 0.2) is 18.2 Å². The van der Waals surface area contributed by atoms with Crippen molar-refractivity contribution in [2.24, 2.45) is 0 Å². The largest absolute Gasteiger partial charge is 0.481 e. The molecule has 6 nitrogen and oxygen atoms in total. The van der Waals surface area contributed by atoms with Crippen LogP contribution in [0.2, 0.25) is 0 Å². The van der Waals surface area contributed by atoms with Crippen LogP contribution in [0.4, 0.5) is 10.5 Å². The molecule has 0 saturated heterocycles. The van der Waals surface area contributed by atoms with E-state index in [1.165, 1.54) is 0 Å². The third-order valence-corrected chi connectivity index (χ3v) is 3.62. The SMILES string of the molecule is O=C(O)CCCNC(=O)Nc1ccc2c(c1)C(=O)CCCC2. The molecule has 1 aromatic carbocycles. The van der Waals surface area contributed by atoms with Crippen LogP contribution in [0.5, 0.6) is 0 Å². The molecular formula is C16H20N2O4. The van der Waals surface area contributed by atoms with Gasteiger partial charge in [0, 0.05) is 30.6 Å². The number of hydrogen-bond acceptors (Lipinski definition) is 3. The minimum atomic E-state index is -0.883. The molecule has 0 atom stereocenters. The molecule has 118 valence electrons. The van der Waals surface area contributed by atoms with Crippen molar-refractivity contribution in [2.75, 3.05) is 11.9 Å². The summed E-state index contributed by atoms with van der Waals surface area (Å²) in [5.41, 5.74) is 2.31. The zero-order chi connectivity index (χ0) is 15.9. The van der Waals surface area contributed by atoms with Crippen LogP contribution in [0.25, 0.3) is 0 Å². The fraction of sp³-hybridized carbons (Fsp3) is 0.438. The summed E-state index contributed by atoms with van der Waals surface area (Å²) < 4.78 is 0. The lowest BCUT2D eigenvalue weighted by atomic mass is 10.0. The number of nitrogens with one attached hydrogen (secondary N) is 2. The molecule has 0 bridgehead atoms. The third-order valence-electron chi connectivity index (χ3n) is 3.62. The van der Waals surface area contributed by atoms with Gasteiger partial charge in [-0.05, 0) is 43.4 Å². The Kier molecular flexibility index (Phi) is 5.52. The van der Waals surface area contributed by atoms with E-state index in [1.807, 2.05) is 6.07 Å². The Hall–Kier alpha value is -2.37. The summed E-state index contributed by atoms with van der Waals surface area (Å²) in [6.07, 6.45) is 3.76. The Morgan fingerprint density at radius 2 is 1.95 bits per heavy atom. The highest BCUT2D eigenvalue weighted by Gasteiger charge is 2.16. The fourth-order valence-corrected chi connectivity index (χ4v) is 2.48. The van der Waals surface area contributed by atoms with E-state index in [2.05, 4.69) is 10.6 Å². The highest BCUT2D eigenvalue weighted by atomic mass is 16.4. The van der Waals surface area contributed by atoms with Gasteiger partial charge in [-0.1, -0.05) is 6.07 Å². The summed E-state index contributed by atoms with van der Waals surface area (Å²) >= 11 is 0. The lowest BCUT2D eigenvalue weighted by molar-refractivity contribution is -0.137. The van der Waals surface area contributed by atoms with Gasteiger partial charge in [-0.2, -0.15) is 0 Å². The minimum Gasteiger partial charge on any atom is -0.481 e. The van der Waals surface area contributed by atoms with Crippen molar-refractivity contribution in [1.82, 2.24) is 5.32 Å². The van der Waals surface area contributed by atoms with Gasteiger partial charge in [0.15, 0.2) is 5.78 Å². The number of carboxylic acids is 1. The first kappa shape index (κ1) is 16.0. The first-order chi connectivity index (χ1) is 10.6. The van der Waals surface area contributed by atoms with Crippen LogP contribution in [0.3, 0.4) is 0 Å². The lowest BCUT2D eigenvalue weighted by Gasteiger charge is -2.10. The predicted octanol–water partition coefficient (Wildman–Crippen LogP) is 2.58. The van der Waals surface area contributed by atoms with E-state index in [4.69, 9.17) is 5.11 Å². The van der Waals surface area contributed by atoms with Crippen molar-refractivity contribution < 1.29 is 19.5 Å². The Labute approximate surface area is 128 Å². The van der Waals surface area contributed by atoms with Gasteiger partial charge in [-0.15, -0.1) is 0 Å². The molecule has 22 heavy (non-hydrogen) atoms. The second kappa shape index (κ2) is 7.59. The average molecular weight is 304 g/mol. The van der Waals surface area contributed by atoms with Crippen molar-refractivity contribution in [3.8, 4) is 0 Å². The number of carboxylic acid groups (broad SMARTS) is 1. The molecule has 1 aromatic rings. The van der Waals surface area contributed by atoms with Gasteiger partial charge >= 0.3 is 12.0 Å². The van der Waals surface area contributed by atoms with Crippen LogP contribution < -0.4 is 10.6 Å². The van der Waals surface area contributed by atoms with Crippen molar-refractivity contribution in [3.05, 3.63) is 29.3 Å². The maximum atomic E-state index is 12.0. The number of Topliss-reactive ketones (excluding diaryl/α,β-unsaturated/α-hetero) is 1. The van der Waals surface area contributed by atoms with Crippen LogP contribution >= 0.6 is 0 Å². The molecule has 0 radical (unpaired) electrons. The Balaban J connectivity index is 1.91. The number of rotatable bonds is 5. The third kappa shape index (κ3) is 4.58. The van der Waals surface area contributed by atoms with Crippen molar-refractivity contribution in [1.29, 1.82) is 0 Å². The molecule has 0 aromatic heterocycles. The van der Waals surface area contributed by atoms with Gasteiger partial charge in [0.25, 0.3) is 0 Å². The topological polar surface area (TPSA) is 95.5 Å². The predicted molar refractivity (Wildman–Crippen MR) is 82.2 cm³/mol. The molecule has 6 heteroatoms. The van der Waals surface area contributed by atoms with Gasteiger partial charge in [0.1, 0.15) is 0 Å². The van der Waals surface area contributed by atoms with Crippen molar-refractivity contribution in [2.45, 2.75) is 38.5 Å². The minimum absolute atomic E-state index is 0.0215. The normalized spacial score (nSPS) is 13.9. The lowest BCUT2D eigenvalue weighted by Crippen LogP contribution is -2.29. The maximum Gasteiger partial charge on any atom is 0.319 e. The quantitative estimate of drug-likeness (QED) is 0.575. The molecular weight excluding hydrogens is 284 g/mol. The fourth-order valence-electron chi connectivity index (χ4n) is 2.48. The molecule has 0 saturated carbocycles. The second-order valence-electron chi connectivity index (χ2n) is 5.38. The second-order valence-corrected chi connectivity index (χ2v) is 5.38. The highest BCUT2D eigenvalue weighted by molar-refractivity contribution is 5.99. The summed E-state index contributed by atoms with van der Waals surface area (Å²) in [7, 11) is 0. The van der Waals surface area contributed by atoms with Crippen molar-refractivity contribution >= 4 is 23.5 Å². The maximum absolute atomic E-state index is 12.0. The molecule has 2 amide bonds. The first-order valence-electron chi connectivity index (χ1n) is 7.49. The number of urea groups is 1. The van der Waals surface area contributed by atoms with E-state index in [9.17, 15) is 14.4 Å². The van der Waals surface area contributed by atoms with E-state index >= 15 is 0 Å². The van der Waals surface area contributed by atoms with E-state index in [0.29, 0.717) is 30.6 Å². The monoisotopic (exact) mass is 304 g/mol. The summed E-state index contributed by atoms with van der Waals surface area (Å²) in [6, 6.07) is 5.00. The number of amides is 2. The van der Waals surface area contributed by atoms with E-state index in [0.717, 1.165) is 24.8 Å². The molecule has 0 fully saturated rings. The Morgan fingerprint density at radius 1 is 1.18 bits per heavy atom. The van der Waals surface area contributed by atoms with Gasteiger partial charge in [0.05, 0.1) is 0 Å². The molecule has 2 rings (SSSR count). The molecule has 0 spiro atoms. The standard InChI is InChI=1S/C16H20N2O4/c19-14-5-2-1-4-11-7-8-12(10-13(11)14)18-16(22)17-9-3-6-15(20)21/h7-8,10H,1-6,9H2,(H,20,21)(H2,17,18,22). The van der Waals surface area contributed by atoms with Crippen LogP contribution in [0, 0.1) is 0 Å². The number of hydrogen-bond donors (Lipinski definition) is 3. The van der Waals surface area contributed by atoms with Crippen molar-refractivity contribution in [3.63, 3.8) is 0 Å². The van der Waals surface area contributed by atoms with Crippen LogP contribution in [-0.2, 0) is 11.2 Å². The number of anilines is 1. The van der Waals surface area contributed by atoms with E-state index < -0.39 is 12.0 Å². The summed E-state index contributed by atoms with van der Waals surface area (Å²) in [5, 5.41) is 13.8. The molecule has 0 aliphatic heterocycles. The number of fused-ring (bicyclic) bond motifs is 1. The Bertz CT molecular complexity index is 584. The number of aliphatic carboxylic acids is 1. The number of carbonyl (C=O) groups excluding carboxylic acids is 2. The number of aryl methyl sites for hydroxylation is 1. The summed E-state index contributed by atoms with van der Waals surface area (Å²) in [5.74, 6) is -0.760. The summed E-state index contributed by atoms with van der Waals surface area (Å²) in [4.78, 5) is 34.1. The molecule has 1 aliphatic rings. The van der Waals surface area contributed by atoms with Gasteiger partial charge in [0.2, 0.25) is 0 Å². The first-order valence-corrected chi connectivity index (χ1v) is 7.49. The molecule has 0 unspecified atom stereocenters. The Morgan fingerprint density at radius 3 is 2.73 bits per heavy atom. The van der Waals surface area contributed by atoms with Crippen LogP contribution in [-0.4, -0.2) is 29.4 Å². The van der Waals surface area contributed by atoms with Gasteiger partial charge in [-0.25, -0.2) is 4.79 Å². The zero-order valence-corrected chi connectivity index (χ0v) is 12.4.